The van der Waals surface area contributed by atoms with E-state index in [1.807, 2.05) is 0 Å². The van der Waals surface area contributed by atoms with Crippen LogP contribution < -0.4 is 5.32 Å². The first-order valence-corrected chi connectivity index (χ1v) is 5.63. The third kappa shape index (κ3) is 3.51. The summed E-state index contributed by atoms with van der Waals surface area (Å²) in [5.74, 6) is 0.876. The van der Waals surface area contributed by atoms with E-state index in [0.717, 1.165) is 24.1 Å². The van der Waals surface area contributed by atoms with E-state index in [1.165, 1.54) is 25.7 Å². The van der Waals surface area contributed by atoms with Gasteiger partial charge in [0, 0.05) is 20.1 Å². The van der Waals surface area contributed by atoms with Crippen molar-refractivity contribution in [3.05, 3.63) is 0 Å². The maximum absolute atomic E-state index is 5.23. The second-order valence-electron chi connectivity index (χ2n) is 3.87. The first kappa shape index (κ1) is 10.8. The van der Waals surface area contributed by atoms with Gasteiger partial charge in [0.05, 0.1) is 0 Å². The monoisotopic (exact) mass is 200 g/mol. The fraction of sp³-hybridized carbons (Fsp3) is 0.900. The number of hydrogen-bond acceptors (Lipinski definition) is 1. The topological polar surface area (TPSA) is 15.3 Å². The molecule has 0 spiro atoms. The van der Waals surface area contributed by atoms with Crippen molar-refractivity contribution in [2.75, 3.05) is 20.1 Å². The summed E-state index contributed by atoms with van der Waals surface area (Å²) in [6, 6.07) is 0. The van der Waals surface area contributed by atoms with Crippen molar-refractivity contribution in [3.8, 4) is 0 Å². The van der Waals surface area contributed by atoms with Crippen molar-refractivity contribution in [1.29, 1.82) is 0 Å². The maximum Gasteiger partial charge on any atom is 0.168 e. The van der Waals surface area contributed by atoms with Crippen LogP contribution in [0.3, 0.4) is 0 Å². The van der Waals surface area contributed by atoms with Crippen molar-refractivity contribution in [1.82, 2.24) is 10.2 Å². The first-order chi connectivity index (χ1) is 6.24. The van der Waals surface area contributed by atoms with Crippen LogP contribution in [0.15, 0.2) is 0 Å². The molecule has 1 fully saturated rings. The fourth-order valence-electron chi connectivity index (χ4n) is 1.95. The average Bonchev–Trinajstić information content (AvgIpc) is 2.57. The lowest BCUT2D eigenvalue weighted by atomic mass is 10.1. The molecule has 0 amide bonds. The van der Waals surface area contributed by atoms with E-state index in [9.17, 15) is 0 Å². The maximum atomic E-state index is 5.23. The Morgan fingerprint density at radius 3 is 2.62 bits per heavy atom. The Morgan fingerprint density at radius 1 is 1.46 bits per heavy atom. The summed E-state index contributed by atoms with van der Waals surface area (Å²) >= 11 is 5.23. The third-order valence-electron chi connectivity index (χ3n) is 2.68. The fourth-order valence-corrected chi connectivity index (χ4v) is 2.17. The van der Waals surface area contributed by atoms with Crippen LogP contribution in [-0.2, 0) is 0 Å². The smallest absolute Gasteiger partial charge is 0.168 e. The van der Waals surface area contributed by atoms with Gasteiger partial charge in [0.25, 0.3) is 0 Å². The summed E-state index contributed by atoms with van der Waals surface area (Å²) in [5.41, 5.74) is 0. The predicted octanol–water partition coefficient (Wildman–Crippen LogP) is 2.00. The Morgan fingerprint density at radius 2 is 2.08 bits per heavy atom. The molecule has 1 aliphatic carbocycles. The van der Waals surface area contributed by atoms with E-state index < -0.39 is 0 Å². The van der Waals surface area contributed by atoms with Gasteiger partial charge in [-0.25, -0.2) is 0 Å². The second-order valence-corrected chi connectivity index (χ2v) is 4.25. The molecule has 1 N–H and O–H groups in total. The minimum Gasteiger partial charge on any atom is -0.363 e. The van der Waals surface area contributed by atoms with Crippen molar-refractivity contribution < 1.29 is 0 Å². The van der Waals surface area contributed by atoms with Crippen LogP contribution >= 0.6 is 12.2 Å². The first-order valence-electron chi connectivity index (χ1n) is 5.23. The highest BCUT2D eigenvalue weighted by atomic mass is 32.1. The van der Waals surface area contributed by atoms with E-state index in [4.69, 9.17) is 12.2 Å². The Labute approximate surface area is 86.7 Å². The van der Waals surface area contributed by atoms with Gasteiger partial charge in [0.2, 0.25) is 0 Å². The highest BCUT2D eigenvalue weighted by molar-refractivity contribution is 7.80. The Hall–Kier alpha value is -0.310. The number of thiocarbonyl (C=S) groups is 1. The Balaban J connectivity index is 2.22. The molecule has 76 valence electrons. The molecule has 0 bridgehead atoms. The Kier molecular flexibility index (Phi) is 4.50. The minimum absolute atomic E-state index is 0.876. The van der Waals surface area contributed by atoms with Gasteiger partial charge in [-0.1, -0.05) is 12.8 Å². The molecule has 3 heteroatoms. The lowest BCUT2D eigenvalue weighted by molar-refractivity contribution is 0.385. The molecule has 1 aliphatic rings. The summed E-state index contributed by atoms with van der Waals surface area (Å²) < 4.78 is 0. The van der Waals surface area contributed by atoms with E-state index in [1.54, 1.807) is 0 Å². The normalized spacial score (nSPS) is 17.4. The highest BCUT2D eigenvalue weighted by Crippen LogP contribution is 2.24. The molecule has 0 aromatic heterocycles. The average molecular weight is 200 g/mol. The van der Waals surface area contributed by atoms with Crippen LogP contribution in [0.25, 0.3) is 0 Å². The van der Waals surface area contributed by atoms with Crippen LogP contribution in [0.2, 0.25) is 0 Å². The van der Waals surface area contributed by atoms with Crippen LogP contribution in [-0.4, -0.2) is 30.1 Å². The lowest BCUT2D eigenvalue weighted by Crippen LogP contribution is -2.39. The molecule has 0 radical (unpaired) electrons. The summed E-state index contributed by atoms with van der Waals surface area (Å²) in [7, 11) is 2.09. The van der Waals surface area contributed by atoms with E-state index in [0.29, 0.717) is 0 Å². The zero-order valence-corrected chi connectivity index (χ0v) is 9.49. The summed E-state index contributed by atoms with van der Waals surface area (Å²) in [4.78, 5) is 2.18. The summed E-state index contributed by atoms with van der Waals surface area (Å²) in [6.07, 6.45) is 5.59. The van der Waals surface area contributed by atoms with Crippen LogP contribution in [0.5, 0.6) is 0 Å². The Bertz CT molecular complexity index is 164. The lowest BCUT2D eigenvalue weighted by Gasteiger charge is -2.23. The minimum atomic E-state index is 0.876. The van der Waals surface area contributed by atoms with Gasteiger partial charge < -0.3 is 10.2 Å². The molecule has 1 rings (SSSR count). The second kappa shape index (κ2) is 5.43. The number of nitrogens with zero attached hydrogens (tertiary/aromatic N) is 1. The molecule has 0 aromatic carbocycles. The molecule has 1 saturated carbocycles. The largest absolute Gasteiger partial charge is 0.363 e. The van der Waals surface area contributed by atoms with Gasteiger partial charge in [-0.15, -0.1) is 0 Å². The molecule has 0 saturated heterocycles. The van der Waals surface area contributed by atoms with Gasteiger partial charge in [-0.2, -0.15) is 0 Å². The number of rotatable bonds is 3. The van der Waals surface area contributed by atoms with Gasteiger partial charge >= 0.3 is 0 Å². The van der Waals surface area contributed by atoms with Crippen molar-refractivity contribution in [3.63, 3.8) is 0 Å². The van der Waals surface area contributed by atoms with Crippen LogP contribution in [0.1, 0.15) is 32.6 Å². The van der Waals surface area contributed by atoms with Crippen molar-refractivity contribution in [2.24, 2.45) is 5.92 Å². The molecule has 0 aliphatic heterocycles. The summed E-state index contributed by atoms with van der Waals surface area (Å²) in [5, 5.41) is 4.07. The molecule has 0 aromatic rings. The number of hydrogen-bond donors (Lipinski definition) is 1. The molecule has 2 nitrogen and oxygen atoms in total. The van der Waals surface area contributed by atoms with Gasteiger partial charge in [-0.3, -0.25) is 0 Å². The summed E-state index contributed by atoms with van der Waals surface area (Å²) in [6.45, 7) is 4.13. The molecule has 0 atom stereocenters. The van der Waals surface area contributed by atoms with Crippen molar-refractivity contribution in [2.45, 2.75) is 32.6 Å². The zero-order chi connectivity index (χ0) is 9.68. The van der Waals surface area contributed by atoms with Crippen molar-refractivity contribution >= 4 is 17.3 Å². The van der Waals surface area contributed by atoms with Crippen LogP contribution in [0.4, 0.5) is 0 Å². The molecular weight excluding hydrogens is 180 g/mol. The van der Waals surface area contributed by atoms with Gasteiger partial charge in [-0.05, 0) is 37.9 Å². The van der Waals surface area contributed by atoms with Gasteiger partial charge in [0.15, 0.2) is 5.11 Å². The van der Waals surface area contributed by atoms with E-state index >= 15 is 0 Å². The van der Waals surface area contributed by atoms with E-state index in [2.05, 4.69) is 24.2 Å². The van der Waals surface area contributed by atoms with Gasteiger partial charge in [0.1, 0.15) is 0 Å². The SMILES string of the molecule is CCNC(=S)N(C)CC1CCCC1. The third-order valence-corrected chi connectivity index (χ3v) is 3.14. The molecule has 0 heterocycles. The predicted molar refractivity (Wildman–Crippen MR) is 60.9 cm³/mol. The van der Waals surface area contributed by atoms with Crippen LogP contribution in [0, 0.1) is 5.92 Å². The molecular formula is C10H20N2S. The standard InChI is InChI=1S/C10H20N2S/c1-3-11-10(13)12(2)8-9-6-4-5-7-9/h9H,3-8H2,1-2H3,(H,11,13). The van der Waals surface area contributed by atoms with E-state index in [-0.39, 0.29) is 0 Å². The highest BCUT2D eigenvalue weighted by Gasteiger charge is 2.17. The quantitative estimate of drug-likeness (QED) is 0.702. The molecule has 0 unspecified atom stereocenters. The number of nitrogens with one attached hydrogen (secondary N) is 1. The molecule has 13 heavy (non-hydrogen) atoms. The zero-order valence-electron chi connectivity index (χ0n) is 8.68.